The van der Waals surface area contributed by atoms with Gasteiger partial charge in [0.15, 0.2) is 0 Å². The highest BCUT2D eigenvalue weighted by Gasteiger charge is 2.30. The minimum atomic E-state index is -0.538. The van der Waals surface area contributed by atoms with Crippen LogP contribution in [0.15, 0.2) is 42.5 Å². The zero-order chi connectivity index (χ0) is 23.1. The molecule has 1 N–H and O–H groups in total. The van der Waals surface area contributed by atoms with Crippen LogP contribution < -0.4 is 5.32 Å². The van der Waals surface area contributed by atoms with Crippen molar-refractivity contribution in [2.24, 2.45) is 0 Å². The number of nitrogens with one attached hydrogen (secondary N) is 1. The van der Waals surface area contributed by atoms with Crippen molar-refractivity contribution in [3.8, 4) is 0 Å². The highest BCUT2D eigenvalue weighted by atomic mass is 35.5. The van der Waals surface area contributed by atoms with Gasteiger partial charge in [-0.25, -0.2) is 0 Å². The SMILES string of the molecule is CC[C@H](C(=O)NC1CCCCC1)N(Cc1ccc(Cl)c(Cl)c1)C(=O)Cc1cccc(C)c1. The van der Waals surface area contributed by atoms with E-state index in [0.717, 1.165) is 42.4 Å². The summed E-state index contributed by atoms with van der Waals surface area (Å²) in [5.74, 6) is -0.149. The number of benzene rings is 2. The van der Waals surface area contributed by atoms with Crippen LogP contribution in [0.25, 0.3) is 0 Å². The lowest BCUT2D eigenvalue weighted by atomic mass is 9.95. The zero-order valence-electron chi connectivity index (χ0n) is 18.9. The first-order valence-electron chi connectivity index (χ1n) is 11.5. The summed E-state index contributed by atoms with van der Waals surface area (Å²) >= 11 is 12.3. The predicted molar refractivity (Wildman–Crippen MR) is 131 cm³/mol. The summed E-state index contributed by atoms with van der Waals surface area (Å²) in [5, 5.41) is 4.11. The third-order valence-electron chi connectivity index (χ3n) is 6.11. The molecule has 2 amide bonds. The van der Waals surface area contributed by atoms with Gasteiger partial charge in [0, 0.05) is 12.6 Å². The first kappa shape index (κ1) is 24.6. The smallest absolute Gasteiger partial charge is 0.243 e. The van der Waals surface area contributed by atoms with Gasteiger partial charge in [0.1, 0.15) is 6.04 Å². The molecule has 0 aliphatic heterocycles. The number of halogens is 2. The Bertz CT molecular complexity index is 941. The Labute approximate surface area is 201 Å². The van der Waals surface area contributed by atoms with E-state index in [1.54, 1.807) is 17.0 Å². The average molecular weight is 475 g/mol. The molecule has 1 aliphatic carbocycles. The molecule has 1 fully saturated rings. The number of rotatable bonds is 8. The van der Waals surface area contributed by atoms with Crippen LogP contribution in [-0.2, 0) is 22.6 Å². The van der Waals surface area contributed by atoms with Crippen molar-refractivity contribution in [1.82, 2.24) is 10.2 Å². The van der Waals surface area contributed by atoms with E-state index >= 15 is 0 Å². The normalized spacial score (nSPS) is 15.2. The highest BCUT2D eigenvalue weighted by Crippen LogP contribution is 2.25. The molecule has 3 rings (SSSR count). The van der Waals surface area contributed by atoms with Gasteiger partial charge in [0.05, 0.1) is 16.5 Å². The fraction of sp³-hybridized carbons (Fsp3) is 0.462. The molecule has 2 aromatic rings. The van der Waals surface area contributed by atoms with Gasteiger partial charge >= 0.3 is 0 Å². The molecule has 0 saturated heterocycles. The number of nitrogens with zero attached hydrogens (tertiary/aromatic N) is 1. The molecule has 32 heavy (non-hydrogen) atoms. The summed E-state index contributed by atoms with van der Waals surface area (Å²) in [6.45, 7) is 4.26. The topological polar surface area (TPSA) is 49.4 Å². The summed E-state index contributed by atoms with van der Waals surface area (Å²) in [5.41, 5.74) is 2.89. The average Bonchev–Trinajstić information content (AvgIpc) is 2.76. The van der Waals surface area contributed by atoms with E-state index in [1.165, 1.54) is 6.42 Å². The molecule has 1 atom stereocenters. The monoisotopic (exact) mass is 474 g/mol. The van der Waals surface area contributed by atoms with Crippen molar-refractivity contribution < 1.29 is 9.59 Å². The molecule has 0 bridgehead atoms. The van der Waals surface area contributed by atoms with Crippen molar-refractivity contribution in [1.29, 1.82) is 0 Å². The quantitative estimate of drug-likeness (QED) is 0.502. The number of hydrogen-bond acceptors (Lipinski definition) is 2. The van der Waals surface area contributed by atoms with Crippen LogP contribution in [0.3, 0.4) is 0 Å². The summed E-state index contributed by atoms with van der Waals surface area (Å²) in [7, 11) is 0. The van der Waals surface area contributed by atoms with Crippen LogP contribution in [-0.4, -0.2) is 28.8 Å². The maximum atomic E-state index is 13.5. The van der Waals surface area contributed by atoms with E-state index in [4.69, 9.17) is 23.2 Å². The Balaban J connectivity index is 1.83. The number of carbonyl (C=O) groups is 2. The molecule has 0 aromatic heterocycles. The van der Waals surface area contributed by atoms with Crippen LogP contribution in [0.1, 0.15) is 62.1 Å². The van der Waals surface area contributed by atoms with E-state index in [2.05, 4.69) is 5.32 Å². The molecule has 0 radical (unpaired) electrons. The molecule has 0 heterocycles. The van der Waals surface area contributed by atoms with Crippen molar-refractivity contribution in [3.05, 3.63) is 69.2 Å². The predicted octanol–water partition coefficient (Wildman–Crippen LogP) is 6.10. The Hall–Kier alpha value is -2.04. The molecule has 2 aromatic carbocycles. The minimum Gasteiger partial charge on any atom is -0.352 e. The fourth-order valence-electron chi connectivity index (χ4n) is 4.40. The second-order valence-electron chi connectivity index (χ2n) is 8.70. The van der Waals surface area contributed by atoms with Crippen molar-refractivity contribution in [3.63, 3.8) is 0 Å². The van der Waals surface area contributed by atoms with E-state index in [9.17, 15) is 9.59 Å². The van der Waals surface area contributed by atoms with Crippen LogP contribution in [0.5, 0.6) is 0 Å². The van der Waals surface area contributed by atoms with Gasteiger partial charge in [0.2, 0.25) is 11.8 Å². The molecule has 0 spiro atoms. The lowest BCUT2D eigenvalue weighted by Crippen LogP contribution is -2.51. The molecular weight excluding hydrogens is 443 g/mol. The van der Waals surface area contributed by atoms with Gasteiger partial charge < -0.3 is 10.2 Å². The van der Waals surface area contributed by atoms with Gasteiger partial charge in [-0.2, -0.15) is 0 Å². The van der Waals surface area contributed by atoms with E-state index in [-0.39, 0.29) is 24.3 Å². The number of hydrogen-bond donors (Lipinski definition) is 1. The van der Waals surface area contributed by atoms with Gasteiger partial charge in [-0.05, 0) is 49.4 Å². The fourth-order valence-corrected chi connectivity index (χ4v) is 4.72. The van der Waals surface area contributed by atoms with Crippen molar-refractivity contribution in [2.75, 3.05) is 0 Å². The summed E-state index contributed by atoms with van der Waals surface area (Å²) < 4.78 is 0. The van der Waals surface area contributed by atoms with Gasteiger partial charge in [-0.15, -0.1) is 0 Å². The van der Waals surface area contributed by atoms with Gasteiger partial charge in [-0.1, -0.05) is 85.3 Å². The third kappa shape index (κ3) is 6.73. The largest absolute Gasteiger partial charge is 0.352 e. The number of amides is 2. The van der Waals surface area contributed by atoms with Crippen molar-refractivity contribution >= 4 is 35.0 Å². The van der Waals surface area contributed by atoms with Crippen molar-refractivity contribution in [2.45, 2.75) is 77.4 Å². The van der Waals surface area contributed by atoms with Crippen LogP contribution >= 0.6 is 23.2 Å². The lowest BCUT2D eigenvalue weighted by Gasteiger charge is -2.33. The van der Waals surface area contributed by atoms with E-state index in [1.807, 2.05) is 44.2 Å². The molecule has 172 valence electrons. The minimum absolute atomic E-state index is 0.0722. The molecule has 0 unspecified atom stereocenters. The van der Waals surface area contributed by atoms with Crippen LogP contribution in [0.4, 0.5) is 0 Å². The standard InChI is InChI=1S/C26H32Cl2N2O2/c1-3-24(26(32)29-21-10-5-4-6-11-21)30(17-20-12-13-22(27)23(28)15-20)25(31)16-19-9-7-8-18(2)14-19/h7-9,12-15,21,24H,3-6,10-11,16-17H2,1-2H3,(H,29,32)/t24-/m1/s1. The van der Waals surface area contributed by atoms with E-state index < -0.39 is 6.04 Å². The maximum Gasteiger partial charge on any atom is 0.243 e. The second-order valence-corrected chi connectivity index (χ2v) is 9.52. The number of aryl methyl sites for hydroxylation is 1. The first-order chi connectivity index (χ1) is 15.4. The summed E-state index contributed by atoms with van der Waals surface area (Å²) in [6, 6.07) is 12.9. The van der Waals surface area contributed by atoms with E-state index in [0.29, 0.717) is 23.0 Å². The molecule has 1 aliphatic rings. The number of carbonyl (C=O) groups excluding carboxylic acids is 2. The van der Waals surface area contributed by atoms with Crippen LogP contribution in [0.2, 0.25) is 10.0 Å². The molecule has 6 heteroatoms. The third-order valence-corrected chi connectivity index (χ3v) is 6.85. The maximum absolute atomic E-state index is 13.5. The first-order valence-corrected chi connectivity index (χ1v) is 12.2. The van der Waals surface area contributed by atoms with Gasteiger partial charge in [0.25, 0.3) is 0 Å². The van der Waals surface area contributed by atoms with Gasteiger partial charge in [-0.3, -0.25) is 9.59 Å². The van der Waals surface area contributed by atoms with Crippen LogP contribution in [0, 0.1) is 6.92 Å². The highest BCUT2D eigenvalue weighted by molar-refractivity contribution is 6.42. The molecular formula is C26H32Cl2N2O2. The zero-order valence-corrected chi connectivity index (χ0v) is 20.4. The second kappa shape index (κ2) is 11.7. The molecule has 1 saturated carbocycles. The Morgan fingerprint density at radius 2 is 1.78 bits per heavy atom. The summed E-state index contributed by atoms with van der Waals surface area (Å²) in [6.07, 6.45) is 6.30. The Morgan fingerprint density at radius 3 is 2.44 bits per heavy atom. The molecule has 4 nitrogen and oxygen atoms in total. The Morgan fingerprint density at radius 1 is 1.03 bits per heavy atom. The Kier molecular flexibility index (Phi) is 9.01. The lowest BCUT2D eigenvalue weighted by molar-refractivity contribution is -0.141. The summed E-state index contributed by atoms with van der Waals surface area (Å²) in [4.78, 5) is 28.4.